The van der Waals surface area contributed by atoms with Gasteiger partial charge in [0.1, 0.15) is 11.5 Å². The lowest BCUT2D eigenvalue weighted by Crippen LogP contribution is -2.20. The van der Waals surface area contributed by atoms with Crippen molar-refractivity contribution in [2.75, 3.05) is 19.0 Å². The second kappa shape index (κ2) is 7.84. The van der Waals surface area contributed by atoms with Gasteiger partial charge < -0.3 is 20.5 Å². The molecule has 0 aliphatic rings. The van der Waals surface area contributed by atoms with Crippen molar-refractivity contribution in [2.24, 2.45) is 5.73 Å². The van der Waals surface area contributed by atoms with E-state index in [0.29, 0.717) is 17.2 Å². The normalized spacial score (nSPS) is 9.96. The Morgan fingerprint density at radius 2 is 1.78 bits per heavy atom. The Kier molecular flexibility index (Phi) is 5.57. The Balaban J connectivity index is 1.85. The van der Waals surface area contributed by atoms with Crippen LogP contribution in [0.25, 0.3) is 0 Å². The van der Waals surface area contributed by atoms with Crippen LogP contribution in [0.1, 0.15) is 5.56 Å². The fourth-order valence-electron chi connectivity index (χ4n) is 1.94. The maximum absolute atomic E-state index is 11.9. The van der Waals surface area contributed by atoms with Gasteiger partial charge in [0.05, 0.1) is 13.5 Å². The number of hydrogen-bond donors (Lipinski definition) is 2. The largest absolute Gasteiger partial charge is 0.497 e. The molecule has 0 saturated carbocycles. The Labute approximate surface area is 134 Å². The van der Waals surface area contributed by atoms with Crippen LogP contribution in [0, 0.1) is 0 Å². The summed E-state index contributed by atoms with van der Waals surface area (Å²) in [6, 6.07) is 13.9. The van der Waals surface area contributed by atoms with E-state index in [9.17, 15) is 9.59 Å². The van der Waals surface area contributed by atoms with E-state index < -0.39 is 5.91 Å². The number of carbonyl (C=O) groups is 2. The van der Waals surface area contributed by atoms with Crippen LogP contribution in [0.3, 0.4) is 0 Å². The maximum Gasteiger partial charge on any atom is 0.262 e. The molecule has 2 aromatic carbocycles. The quantitative estimate of drug-likeness (QED) is 0.814. The summed E-state index contributed by atoms with van der Waals surface area (Å²) in [4.78, 5) is 22.7. The number of hydrogen-bond acceptors (Lipinski definition) is 4. The average molecular weight is 314 g/mol. The van der Waals surface area contributed by atoms with Crippen LogP contribution in [0.5, 0.6) is 11.5 Å². The summed E-state index contributed by atoms with van der Waals surface area (Å²) >= 11 is 0. The molecule has 6 heteroatoms. The Bertz CT molecular complexity index is 683. The second-order valence-corrected chi connectivity index (χ2v) is 4.86. The number of nitrogens with one attached hydrogen (secondary N) is 1. The molecular formula is C17H18N2O4. The number of ether oxygens (including phenoxy) is 2. The molecule has 0 spiro atoms. The molecule has 2 aromatic rings. The lowest BCUT2D eigenvalue weighted by atomic mass is 10.1. The minimum Gasteiger partial charge on any atom is -0.497 e. The number of nitrogens with two attached hydrogens (primary N) is 1. The highest BCUT2D eigenvalue weighted by atomic mass is 16.5. The van der Waals surface area contributed by atoms with Crippen molar-refractivity contribution in [1.82, 2.24) is 0 Å². The molecule has 0 aliphatic carbocycles. The molecule has 120 valence electrons. The molecule has 23 heavy (non-hydrogen) atoms. The highest BCUT2D eigenvalue weighted by Crippen LogP contribution is 2.18. The van der Waals surface area contributed by atoms with Crippen molar-refractivity contribution in [3.63, 3.8) is 0 Å². The fourth-order valence-corrected chi connectivity index (χ4v) is 1.94. The monoisotopic (exact) mass is 314 g/mol. The van der Waals surface area contributed by atoms with E-state index >= 15 is 0 Å². The molecule has 0 saturated heterocycles. The molecule has 0 heterocycles. The number of benzene rings is 2. The predicted octanol–water partition coefficient (Wildman–Crippen LogP) is 1.74. The van der Waals surface area contributed by atoms with Crippen LogP contribution >= 0.6 is 0 Å². The number of primary amides is 1. The van der Waals surface area contributed by atoms with Crippen LogP contribution in [-0.2, 0) is 16.0 Å². The minimum atomic E-state index is -0.395. The molecule has 0 radical (unpaired) electrons. The summed E-state index contributed by atoms with van der Waals surface area (Å²) in [6.45, 7) is -0.115. The van der Waals surface area contributed by atoms with Crippen molar-refractivity contribution in [2.45, 2.75) is 6.42 Å². The third kappa shape index (κ3) is 5.35. The second-order valence-electron chi connectivity index (χ2n) is 4.86. The summed E-state index contributed by atoms with van der Waals surface area (Å²) in [5, 5.41) is 2.71. The Hall–Kier alpha value is -3.02. The molecule has 2 rings (SSSR count). The van der Waals surface area contributed by atoms with Crippen LogP contribution in [0.4, 0.5) is 5.69 Å². The molecule has 0 aliphatic heterocycles. The molecule has 0 atom stereocenters. The molecule has 3 N–H and O–H groups in total. The molecule has 0 unspecified atom stereocenters. The van der Waals surface area contributed by atoms with Gasteiger partial charge in [0, 0.05) is 11.8 Å². The van der Waals surface area contributed by atoms with Gasteiger partial charge in [-0.3, -0.25) is 9.59 Å². The van der Waals surface area contributed by atoms with E-state index in [0.717, 1.165) is 5.56 Å². The lowest BCUT2D eigenvalue weighted by Gasteiger charge is -2.09. The molecular weight excluding hydrogens is 296 g/mol. The van der Waals surface area contributed by atoms with Crippen molar-refractivity contribution in [1.29, 1.82) is 0 Å². The van der Waals surface area contributed by atoms with Gasteiger partial charge in [-0.15, -0.1) is 0 Å². The first kappa shape index (κ1) is 16.4. The molecule has 0 bridgehead atoms. The van der Waals surface area contributed by atoms with Gasteiger partial charge in [-0.1, -0.05) is 18.2 Å². The topological polar surface area (TPSA) is 90.7 Å². The molecule has 6 nitrogen and oxygen atoms in total. The third-order valence-electron chi connectivity index (χ3n) is 3.03. The number of carbonyl (C=O) groups excluding carboxylic acids is 2. The van der Waals surface area contributed by atoms with Gasteiger partial charge >= 0.3 is 0 Å². The smallest absolute Gasteiger partial charge is 0.262 e. The number of amides is 2. The van der Waals surface area contributed by atoms with Crippen LogP contribution < -0.4 is 20.5 Å². The summed E-state index contributed by atoms with van der Waals surface area (Å²) in [5.41, 5.74) is 6.54. The molecule has 2 amide bonds. The minimum absolute atomic E-state index is 0.115. The predicted molar refractivity (Wildman–Crippen MR) is 86.5 cm³/mol. The van der Waals surface area contributed by atoms with Crippen molar-refractivity contribution >= 4 is 17.5 Å². The number of methoxy groups -OCH3 is 1. The zero-order valence-electron chi connectivity index (χ0n) is 12.7. The Morgan fingerprint density at radius 1 is 1.09 bits per heavy atom. The van der Waals surface area contributed by atoms with E-state index in [4.69, 9.17) is 15.2 Å². The zero-order chi connectivity index (χ0) is 16.7. The van der Waals surface area contributed by atoms with Gasteiger partial charge in [-0.25, -0.2) is 0 Å². The van der Waals surface area contributed by atoms with Gasteiger partial charge in [-0.05, 0) is 29.8 Å². The van der Waals surface area contributed by atoms with E-state index in [1.807, 2.05) is 0 Å². The van der Waals surface area contributed by atoms with Gasteiger partial charge in [0.2, 0.25) is 5.91 Å². The third-order valence-corrected chi connectivity index (χ3v) is 3.03. The summed E-state index contributed by atoms with van der Waals surface area (Å²) < 4.78 is 10.5. The van der Waals surface area contributed by atoms with Crippen LogP contribution in [0.15, 0.2) is 48.5 Å². The van der Waals surface area contributed by atoms with Crippen molar-refractivity contribution < 1.29 is 19.1 Å². The van der Waals surface area contributed by atoms with Gasteiger partial charge in [-0.2, -0.15) is 0 Å². The van der Waals surface area contributed by atoms with Crippen LogP contribution in [0.2, 0.25) is 0 Å². The number of anilines is 1. The maximum atomic E-state index is 11.9. The molecule has 0 fully saturated rings. The summed E-state index contributed by atoms with van der Waals surface area (Å²) in [5.74, 6) is 0.535. The first-order valence-corrected chi connectivity index (χ1v) is 7.01. The summed E-state index contributed by atoms with van der Waals surface area (Å²) in [7, 11) is 1.56. The van der Waals surface area contributed by atoms with Gasteiger partial charge in [0.15, 0.2) is 6.61 Å². The van der Waals surface area contributed by atoms with Gasteiger partial charge in [0.25, 0.3) is 5.91 Å². The van der Waals surface area contributed by atoms with Crippen LogP contribution in [-0.4, -0.2) is 25.5 Å². The van der Waals surface area contributed by atoms with Crippen molar-refractivity contribution in [3.8, 4) is 11.5 Å². The Morgan fingerprint density at radius 3 is 2.43 bits per heavy atom. The first-order valence-electron chi connectivity index (χ1n) is 7.01. The van der Waals surface area contributed by atoms with E-state index in [1.54, 1.807) is 55.6 Å². The zero-order valence-corrected chi connectivity index (χ0v) is 12.7. The summed E-state index contributed by atoms with van der Waals surface area (Å²) in [6.07, 6.45) is 0.174. The van der Waals surface area contributed by atoms with E-state index in [2.05, 4.69) is 5.32 Å². The number of rotatable bonds is 7. The lowest BCUT2D eigenvalue weighted by molar-refractivity contribution is -0.118. The average Bonchev–Trinajstić information content (AvgIpc) is 2.54. The van der Waals surface area contributed by atoms with E-state index in [1.165, 1.54) is 0 Å². The fraction of sp³-hybridized carbons (Fsp3) is 0.176. The highest BCUT2D eigenvalue weighted by Gasteiger charge is 2.05. The van der Waals surface area contributed by atoms with E-state index in [-0.39, 0.29) is 18.9 Å². The highest BCUT2D eigenvalue weighted by molar-refractivity contribution is 5.91. The first-order chi connectivity index (χ1) is 11.1. The standard InChI is InChI=1S/C17H18N2O4/c1-22-14-3-2-4-15(10-14)23-11-17(21)19-13-7-5-12(6-8-13)9-16(18)20/h2-8,10H,9,11H2,1H3,(H2,18,20)(H,19,21). The molecule has 0 aromatic heterocycles. The van der Waals surface area contributed by atoms with Crippen molar-refractivity contribution in [3.05, 3.63) is 54.1 Å². The SMILES string of the molecule is COc1cccc(OCC(=O)Nc2ccc(CC(N)=O)cc2)c1.